The number of likely N-dealkylation sites (N-methyl/N-ethyl adjacent to an activating group) is 1. The van der Waals surface area contributed by atoms with E-state index in [0.717, 1.165) is 37.8 Å². The van der Waals surface area contributed by atoms with Crippen molar-refractivity contribution in [3.63, 3.8) is 0 Å². The molecule has 0 aliphatic rings. The van der Waals surface area contributed by atoms with E-state index in [1.807, 2.05) is 12.1 Å². The van der Waals surface area contributed by atoms with Gasteiger partial charge in [0, 0.05) is 12.2 Å². The van der Waals surface area contributed by atoms with Crippen LogP contribution in [0, 0.1) is 0 Å². The van der Waals surface area contributed by atoms with E-state index in [1.54, 1.807) is 12.1 Å². The summed E-state index contributed by atoms with van der Waals surface area (Å²) in [6, 6.07) is 7.12. The molecule has 0 aliphatic carbocycles. The molecule has 0 aliphatic heterocycles. The van der Waals surface area contributed by atoms with Crippen LogP contribution in [-0.2, 0) is 15.6 Å². The van der Waals surface area contributed by atoms with Gasteiger partial charge in [-0.3, -0.25) is 4.72 Å². The number of rotatable bonds is 13. The first-order valence-corrected chi connectivity index (χ1v) is 11.7. The summed E-state index contributed by atoms with van der Waals surface area (Å²) < 4.78 is 25.2. The number of unbranched alkanes of at least 4 members (excludes halogenated alkanes) is 4. The molecule has 26 heavy (non-hydrogen) atoms. The van der Waals surface area contributed by atoms with Crippen molar-refractivity contribution in [2.75, 3.05) is 30.6 Å². The van der Waals surface area contributed by atoms with Gasteiger partial charge in [-0.1, -0.05) is 65.0 Å². The summed E-state index contributed by atoms with van der Waals surface area (Å²) in [4.78, 5) is 2.23. The standard InChI is InChI=1S/C20H36N2O3S/c1-5-8-9-10-11-16-20(23,17-22(6-2)7-3)18-12-14-19(15-13-18)21-26(4,24)25/h12-15,21,23H,5-11,16-17H2,1-4H3. The van der Waals surface area contributed by atoms with Gasteiger partial charge in [0.25, 0.3) is 0 Å². The Morgan fingerprint density at radius 3 is 2.08 bits per heavy atom. The second-order valence-electron chi connectivity index (χ2n) is 7.11. The predicted octanol–water partition coefficient (Wildman–Crippen LogP) is 3.95. The molecule has 0 aromatic heterocycles. The number of benzene rings is 1. The van der Waals surface area contributed by atoms with Gasteiger partial charge in [-0.05, 0) is 37.2 Å². The van der Waals surface area contributed by atoms with Crippen LogP contribution in [0.1, 0.15) is 64.9 Å². The molecule has 1 aromatic carbocycles. The molecule has 1 rings (SSSR count). The minimum atomic E-state index is -3.30. The van der Waals surface area contributed by atoms with E-state index < -0.39 is 15.6 Å². The third kappa shape index (κ3) is 8.06. The fraction of sp³-hybridized carbons (Fsp3) is 0.700. The number of hydrogen-bond acceptors (Lipinski definition) is 4. The molecule has 0 radical (unpaired) electrons. The lowest BCUT2D eigenvalue weighted by Crippen LogP contribution is -2.41. The number of nitrogens with zero attached hydrogens (tertiary/aromatic N) is 1. The van der Waals surface area contributed by atoms with Crippen LogP contribution in [0.3, 0.4) is 0 Å². The molecule has 0 saturated heterocycles. The molecule has 1 atom stereocenters. The number of anilines is 1. The Kier molecular flexibility index (Phi) is 9.61. The van der Waals surface area contributed by atoms with E-state index >= 15 is 0 Å². The van der Waals surface area contributed by atoms with Gasteiger partial charge in [-0.2, -0.15) is 0 Å². The van der Waals surface area contributed by atoms with Crippen molar-refractivity contribution in [2.24, 2.45) is 0 Å². The van der Waals surface area contributed by atoms with Gasteiger partial charge in [-0.25, -0.2) is 8.42 Å². The minimum absolute atomic E-state index is 0.518. The lowest BCUT2D eigenvalue weighted by atomic mass is 9.87. The SMILES string of the molecule is CCCCCCCC(O)(CN(CC)CC)c1ccc(NS(C)(=O)=O)cc1. The largest absolute Gasteiger partial charge is 0.384 e. The minimum Gasteiger partial charge on any atom is -0.384 e. The molecule has 2 N–H and O–H groups in total. The highest BCUT2D eigenvalue weighted by Gasteiger charge is 2.30. The second-order valence-corrected chi connectivity index (χ2v) is 8.86. The summed E-state index contributed by atoms with van der Waals surface area (Å²) in [5.41, 5.74) is 0.449. The Bertz CT molecular complexity index is 612. The highest BCUT2D eigenvalue weighted by molar-refractivity contribution is 7.92. The highest BCUT2D eigenvalue weighted by Crippen LogP contribution is 2.30. The fourth-order valence-electron chi connectivity index (χ4n) is 3.22. The first-order valence-electron chi connectivity index (χ1n) is 9.77. The van der Waals surface area contributed by atoms with Crippen LogP contribution in [0.2, 0.25) is 0 Å². The third-order valence-corrected chi connectivity index (χ3v) is 5.41. The molecule has 0 fully saturated rings. The van der Waals surface area contributed by atoms with Gasteiger partial charge in [-0.15, -0.1) is 0 Å². The van der Waals surface area contributed by atoms with Crippen LogP contribution in [0.15, 0.2) is 24.3 Å². The quantitative estimate of drug-likeness (QED) is 0.505. The summed E-state index contributed by atoms with van der Waals surface area (Å²) in [6.45, 7) is 8.77. The molecule has 0 saturated carbocycles. The van der Waals surface area contributed by atoms with Crippen molar-refractivity contribution in [3.05, 3.63) is 29.8 Å². The Hall–Kier alpha value is -1.11. The smallest absolute Gasteiger partial charge is 0.229 e. The molecule has 150 valence electrons. The van der Waals surface area contributed by atoms with Crippen molar-refractivity contribution in [3.8, 4) is 0 Å². The van der Waals surface area contributed by atoms with Crippen LogP contribution < -0.4 is 4.72 Å². The molecule has 0 bridgehead atoms. The number of hydrogen-bond donors (Lipinski definition) is 2. The van der Waals surface area contributed by atoms with Crippen molar-refractivity contribution in [2.45, 2.75) is 64.9 Å². The normalized spacial score (nSPS) is 14.4. The molecular weight excluding hydrogens is 348 g/mol. The zero-order chi connectivity index (χ0) is 19.6. The lowest BCUT2D eigenvalue weighted by Gasteiger charge is -2.34. The Morgan fingerprint density at radius 1 is 1.00 bits per heavy atom. The maximum atomic E-state index is 11.4. The van der Waals surface area contributed by atoms with Crippen LogP contribution in [0.4, 0.5) is 5.69 Å². The first kappa shape index (κ1) is 22.9. The van der Waals surface area contributed by atoms with Crippen molar-refractivity contribution in [1.29, 1.82) is 0 Å². The van der Waals surface area contributed by atoms with Gasteiger partial charge in [0.1, 0.15) is 5.60 Å². The molecule has 1 aromatic rings. The van der Waals surface area contributed by atoms with Crippen molar-refractivity contribution in [1.82, 2.24) is 4.90 Å². The molecule has 5 nitrogen and oxygen atoms in total. The monoisotopic (exact) mass is 384 g/mol. The Morgan fingerprint density at radius 2 is 1.58 bits per heavy atom. The molecular formula is C20H36N2O3S. The Labute approximate surface area is 159 Å². The third-order valence-electron chi connectivity index (χ3n) is 4.80. The molecule has 0 amide bonds. The maximum absolute atomic E-state index is 11.4. The molecule has 1 unspecified atom stereocenters. The van der Waals surface area contributed by atoms with Gasteiger partial charge in [0.2, 0.25) is 10.0 Å². The number of aliphatic hydroxyl groups is 1. The average Bonchev–Trinajstić information content (AvgIpc) is 2.58. The van der Waals surface area contributed by atoms with E-state index in [-0.39, 0.29) is 0 Å². The summed E-state index contributed by atoms with van der Waals surface area (Å²) in [5.74, 6) is 0. The van der Waals surface area contributed by atoms with Crippen LogP contribution >= 0.6 is 0 Å². The topological polar surface area (TPSA) is 69.6 Å². The van der Waals surface area contributed by atoms with E-state index in [1.165, 1.54) is 19.3 Å². The van der Waals surface area contributed by atoms with Crippen LogP contribution in [0.5, 0.6) is 0 Å². The predicted molar refractivity (Wildman–Crippen MR) is 110 cm³/mol. The average molecular weight is 385 g/mol. The van der Waals surface area contributed by atoms with Crippen molar-refractivity contribution >= 4 is 15.7 Å². The van der Waals surface area contributed by atoms with Gasteiger partial charge in [0.15, 0.2) is 0 Å². The van der Waals surface area contributed by atoms with Gasteiger partial charge in [0.05, 0.1) is 6.26 Å². The maximum Gasteiger partial charge on any atom is 0.229 e. The summed E-state index contributed by atoms with van der Waals surface area (Å²) in [5, 5.41) is 11.4. The Balaban J connectivity index is 2.91. The molecule has 0 heterocycles. The zero-order valence-corrected chi connectivity index (χ0v) is 17.6. The summed E-state index contributed by atoms with van der Waals surface area (Å²) in [7, 11) is -3.30. The van der Waals surface area contributed by atoms with E-state index in [2.05, 4.69) is 30.4 Å². The summed E-state index contributed by atoms with van der Waals surface area (Å²) in [6.07, 6.45) is 7.61. The number of nitrogens with one attached hydrogen (secondary N) is 1. The molecule has 6 heteroatoms. The first-order chi connectivity index (χ1) is 12.2. The van der Waals surface area contributed by atoms with Crippen LogP contribution in [0.25, 0.3) is 0 Å². The number of sulfonamides is 1. The van der Waals surface area contributed by atoms with E-state index in [0.29, 0.717) is 18.7 Å². The van der Waals surface area contributed by atoms with Gasteiger partial charge < -0.3 is 10.0 Å². The highest BCUT2D eigenvalue weighted by atomic mass is 32.2. The van der Waals surface area contributed by atoms with Crippen LogP contribution in [-0.4, -0.2) is 44.3 Å². The molecule has 0 spiro atoms. The van der Waals surface area contributed by atoms with E-state index in [4.69, 9.17) is 0 Å². The van der Waals surface area contributed by atoms with E-state index in [9.17, 15) is 13.5 Å². The zero-order valence-electron chi connectivity index (χ0n) is 16.8. The second kappa shape index (κ2) is 10.9. The van der Waals surface area contributed by atoms with Crippen molar-refractivity contribution < 1.29 is 13.5 Å². The summed E-state index contributed by atoms with van der Waals surface area (Å²) >= 11 is 0. The lowest BCUT2D eigenvalue weighted by molar-refractivity contribution is -0.00839. The fourth-order valence-corrected chi connectivity index (χ4v) is 3.78. The van der Waals surface area contributed by atoms with Gasteiger partial charge >= 0.3 is 0 Å².